The van der Waals surface area contributed by atoms with Gasteiger partial charge in [0.1, 0.15) is 6.33 Å². The zero-order valence-corrected chi connectivity index (χ0v) is 14.4. The Kier molecular flexibility index (Phi) is 4.35. The maximum absolute atomic E-state index is 12.6. The number of halogens is 3. The van der Waals surface area contributed by atoms with Crippen molar-refractivity contribution in [3.8, 4) is 5.69 Å². The Balaban J connectivity index is 1.57. The van der Waals surface area contributed by atoms with Crippen LogP contribution in [0.4, 0.5) is 18.9 Å². The van der Waals surface area contributed by atoms with E-state index in [4.69, 9.17) is 0 Å². The molecule has 1 amide bonds. The zero-order chi connectivity index (χ0) is 19.7. The van der Waals surface area contributed by atoms with Crippen LogP contribution >= 0.6 is 0 Å². The van der Waals surface area contributed by atoms with Crippen molar-refractivity contribution in [2.75, 3.05) is 5.32 Å². The van der Waals surface area contributed by atoms with Crippen LogP contribution in [0.2, 0.25) is 0 Å². The molecule has 1 N–H and O–H groups in total. The fraction of sp³-hybridized carbons (Fsp3) is 0.0476. The van der Waals surface area contributed by atoms with Gasteiger partial charge in [0.25, 0.3) is 5.91 Å². The average Bonchev–Trinajstić information content (AvgIpc) is 3.11. The van der Waals surface area contributed by atoms with Crippen LogP contribution in [0.1, 0.15) is 15.9 Å². The lowest BCUT2D eigenvalue weighted by atomic mass is 10.1. The second kappa shape index (κ2) is 6.84. The number of anilines is 1. The highest BCUT2D eigenvalue weighted by Crippen LogP contribution is 2.30. The highest BCUT2D eigenvalue weighted by atomic mass is 19.4. The van der Waals surface area contributed by atoms with Crippen LogP contribution in [0.25, 0.3) is 16.7 Å². The first kappa shape index (κ1) is 17.8. The highest BCUT2D eigenvalue weighted by Gasteiger charge is 2.30. The summed E-state index contributed by atoms with van der Waals surface area (Å²) in [5, 5.41) is 2.60. The molecule has 4 rings (SSSR count). The number of nitrogens with one attached hydrogen (secondary N) is 1. The summed E-state index contributed by atoms with van der Waals surface area (Å²) in [5.41, 5.74) is 2.32. The fourth-order valence-electron chi connectivity index (χ4n) is 2.89. The lowest BCUT2D eigenvalue weighted by Crippen LogP contribution is -2.12. The summed E-state index contributed by atoms with van der Waals surface area (Å²) in [6, 6.07) is 19.1. The molecule has 4 aromatic rings. The molecule has 0 unspecified atom stereocenters. The van der Waals surface area contributed by atoms with Gasteiger partial charge in [-0.05, 0) is 54.6 Å². The van der Waals surface area contributed by atoms with Crippen molar-refractivity contribution >= 4 is 22.6 Å². The van der Waals surface area contributed by atoms with Crippen molar-refractivity contribution < 1.29 is 18.0 Å². The van der Waals surface area contributed by atoms with Crippen LogP contribution in [0.3, 0.4) is 0 Å². The van der Waals surface area contributed by atoms with Gasteiger partial charge in [-0.15, -0.1) is 0 Å². The van der Waals surface area contributed by atoms with Gasteiger partial charge in [0.15, 0.2) is 0 Å². The Morgan fingerprint density at radius 2 is 1.64 bits per heavy atom. The van der Waals surface area contributed by atoms with Crippen LogP contribution in [-0.4, -0.2) is 15.5 Å². The number of hydrogen-bond donors (Lipinski definition) is 1. The van der Waals surface area contributed by atoms with E-state index in [9.17, 15) is 18.0 Å². The molecule has 0 aliphatic heterocycles. The summed E-state index contributed by atoms with van der Waals surface area (Å²) < 4.78 is 39.8. The number of alkyl halides is 3. The van der Waals surface area contributed by atoms with Crippen LogP contribution in [0.15, 0.2) is 79.1 Å². The second-order valence-corrected chi connectivity index (χ2v) is 6.18. The first-order valence-corrected chi connectivity index (χ1v) is 8.43. The van der Waals surface area contributed by atoms with Gasteiger partial charge >= 0.3 is 6.18 Å². The second-order valence-electron chi connectivity index (χ2n) is 6.18. The summed E-state index contributed by atoms with van der Waals surface area (Å²) in [6.07, 6.45) is -2.73. The molecule has 0 radical (unpaired) electrons. The van der Waals surface area contributed by atoms with E-state index in [0.717, 1.165) is 23.3 Å². The molecule has 7 heteroatoms. The first-order valence-electron chi connectivity index (χ1n) is 8.43. The molecule has 3 aromatic carbocycles. The lowest BCUT2D eigenvalue weighted by Gasteiger charge is -2.09. The van der Waals surface area contributed by atoms with Crippen molar-refractivity contribution in [3.63, 3.8) is 0 Å². The number of para-hydroxylation sites is 1. The Morgan fingerprint density at radius 3 is 2.32 bits per heavy atom. The molecule has 0 spiro atoms. The number of amides is 1. The van der Waals surface area contributed by atoms with Crippen molar-refractivity contribution in [3.05, 3.63) is 90.3 Å². The number of benzene rings is 3. The summed E-state index contributed by atoms with van der Waals surface area (Å²) in [4.78, 5) is 16.8. The largest absolute Gasteiger partial charge is 0.416 e. The number of carbonyl (C=O) groups excluding carboxylic acids is 1. The molecule has 0 aliphatic rings. The minimum absolute atomic E-state index is 0.285. The first-order chi connectivity index (χ1) is 13.4. The van der Waals surface area contributed by atoms with E-state index < -0.39 is 17.6 Å². The van der Waals surface area contributed by atoms with Gasteiger partial charge in [-0.2, -0.15) is 13.2 Å². The topological polar surface area (TPSA) is 46.9 Å². The Bertz CT molecular complexity index is 1130. The molecule has 0 aliphatic carbocycles. The number of fused-ring (bicyclic) bond motifs is 1. The maximum Gasteiger partial charge on any atom is 0.416 e. The quantitative estimate of drug-likeness (QED) is 0.524. The molecular formula is C21H14F3N3O. The highest BCUT2D eigenvalue weighted by molar-refractivity contribution is 6.06. The van der Waals surface area contributed by atoms with Gasteiger partial charge in [-0.25, -0.2) is 4.98 Å². The molecule has 4 nitrogen and oxygen atoms in total. The van der Waals surface area contributed by atoms with Crippen molar-refractivity contribution in [1.82, 2.24) is 9.55 Å². The molecule has 140 valence electrons. The van der Waals surface area contributed by atoms with Gasteiger partial charge in [0, 0.05) is 16.9 Å². The number of nitrogens with zero attached hydrogens (tertiary/aromatic N) is 2. The van der Waals surface area contributed by atoms with Gasteiger partial charge < -0.3 is 5.32 Å². The molecule has 28 heavy (non-hydrogen) atoms. The van der Waals surface area contributed by atoms with Gasteiger partial charge in [0.05, 0.1) is 16.6 Å². The third-order valence-corrected chi connectivity index (χ3v) is 4.31. The normalized spacial score (nSPS) is 11.5. The van der Waals surface area contributed by atoms with Crippen LogP contribution < -0.4 is 5.32 Å². The predicted octanol–water partition coefficient (Wildman–Crippen LogP) is 5.30. The third kappa shape index (κ3) is 3.46. The molecule has 1 heterocycles. The van der Waals surface area contributed by atoms with E-state index in [-0.39, 0.29) is 5.69 Å². The van der Waals surface area contributed by atoms with Gasteiger partial charge in [-0.3, -0.25) is 9.36 Å². The van der Waals surface area contributed by atoms with E-state index >= 15 is 0 Å². The molecule has 0 fully saturated rings. The minimum Gasteiger partial charge on any atom is -0.322 e. The summed E-state index contributed by atoms with van der Waals surface area (Å²) >= 11 is 0. The predicted molar refractivity (Wildman–Crippen MR) is 100 cm³/mol. The number of aromatic nitrogens is 2. The van der Waals surface area contributed by atoms with Crippen LogP contribution in [0, 0.1) is 0 Å². The van der Waals surface area contributed by atoms with E-state index in [1.165, 1.54) is 12.1 Å². The van der Waals surface area contributed by atoms with Gasteiger partial charge in [0.2, 0.25) is 0 Å². The van der Waals surface area contributed by atoms with Gasteiger partial charge in [-0.1, -0.05) is 18.2 Å². The van der Waals surface area contributed by atoms with Crippen molar-refractivity contribution in [1.29, 1.82) is 0 Å². The zero-order valence-electron chi connectivity index (χ0n) is 14.4. The monoisotopic (exact) mass is 381 g/mol. The fourth-order valence-corrected chi connectivity index (χ4v) is 2.89. The number of carbonyl (C=O) groups is 1. The molecule has 0 saturated carbocycles. The van der Waals surface area contributed by atoms with E-state index in [0.29, 0.717) is 11.1 Å². The average molecular weight is 381 g/mol. The molecule has 0 saturated heterocycles. The Morgan fingerprint density at radius 1 is 0.929 bits per heavy atom. The van der Waals surface area contributed by atoms with E-state index in [1.54, 1.807) is 24.5 Å². The third-order valence-electron chi connectivity index (χ3n) is 4.31. The smallest absolute Gasteiger partial charge is 0.322 e. The number of rotatable bonds is 3. The molecule has 1 aromatic heterocycles. The molecular weight excluding hydrogens is 367 g/mol. The SMILES string of the molecule is O=C(Nc1ccc(C(F)(F)F)cc1)c1ccc2c(c1)ncn2-c1ccccc1. The minimum atomic E-state index is -4.41. The summed E-state index contributed by atoms with van der Waals surface area (Å²) in [7, 11) is 0. The Hall–Kier alpha value is -3.61. The summed E-state index contributed by atoms with van der Waals surface area (Å²) in [5.74, 6) is -0.420. The molecule has 0 atom stereocenters. The molecule has 0 bridgehead atoms. The standard InChI is InChI=1S/C21H14F3N3O/c22-21(23,24)15-7-9-16(10-8-15)26-20(28)14-6-11-19-18(12-14)25-13-27(19)17-4-2-1-3-5-17/h1-13H,(H,26,28). The Labute approximate surface area is 158 Å². The number of hydrogen-bond acceptors (Lipinski definition) is 2. The lowest BCUT2D eigenvalue weighted by molar-refractivity contribution is -0.137. The van der Waals surface area contributed by atoms with Crippen molar-refractivity contribution in [2.45, 2.75) is 6.18 Å². The van der Waals surface area contributed by atoms with E-state index in [1.807, 2.05) is 34.9 Å². The van der Waals surface area contributed by atoms with Crippen LogP contribution in [-0.2, 0) is 6.18 Å². The summed E-state index contributed by atoms with van der Waals surface area (Å²) in [6.45, 7) is 0. The number of imidazole rings is 1. The van der Waals surface area contributed by atoms with E-state index in [2.05, 4.69) is 10.3 Å². The van der Waals surface area contributed by atoms with Crippen molar-refractivity contribution in [2.24, 2.45) is 0 Å². The van der Waals surface area contributed by atoms with Crippen LogP contribution in [0.5, 0.6) is 0 Å². The maximum atomic E-state index is 12.6.